The minimum atomic E-state index is 0.665. The van der Waals surface area contributed by atoms with Crippen LogP contribution in [-0.4, -0.2) is 37.7 Å². The molecule has 1 aliphatic rings. The summed E-state index contributed by atoms with van der Waals surface area (Å²) in [5, 5.41) is 3.70. The summed E-state index contributed by atoms with van der Waals surface area (Å²) in [7, 11) is 3.96. The summed E-state index contributed by atoms with van der Waals surface area (Å²) in [6, 6.07) is 9.76. The summed E-state index contributed by atoms with van der Waals surface area (Å²) < 4.78 is 5.21. The molecule has 0 heterocycles. The molecule has 0 aromatic heterocycles. The topological polar surface area (TPSA) is 24.5 Å². The van der Waals surface area contributed by atoms with Crippen LogP contribution in [0.25, 0.3) is 0 Å². The van der Waals surface area contributed by atoms with Gasteiger partial charge in [-0.05, 0) is 50.6 Å². The van der Waals surface area contributed by atoms with Crippen LogP contribution in [-0.2, 0) is 6.54 Å². The zero-order chi connectivity index (χ0) is 14.4. The Morgan fingerprint density at radius 3 is 2.65 bits per heavy atom. The van der Waals surface area contributed by atoms with Crippen LogP contribution in [0.3, 0.4) is 0 Å². The normalized spacial score (nSPS) is 22.4. The highest BCUT2D eigenvalue weighted by Crippen LogP contribution is 2.25. The molecule has 1 saturated carbocycles. The average molecular weight is 276 g/mol. The van der Waals surface area contributed by atoms with Gasteiger partial charge in [-0.1, -0.05) is 25.5 Å². The minimum Gasteiger partial charge on any atom is -0.497 e. The Morgan fingerprint density at radius 1 is 1.25 bits per heavy atom. The van der Waals surface area contributed by atoms with Gasteiger partial charge < -0.3 is 10.1 Å². The molecule has 3 heteroatoms. The predicted octanol–water partition coefficient (Wildman–Crippen LogP) is 3.05. The highest BCUT2D eigenvalue weighted by molar-refractivity contribution is 5.27. The van der Waals surface area contributed by atoms with Crippen molar-refractivity contribution in [3.8, 4) is 5.75 Å². The van der Waals surface area contributed by atoms with Gasteiger partial charge in [0.05, 0.1) is 7.11 Å². The molecule has 1 N–H and O–H groups in total. The smallest absolute Gasteiger partial charge is 0.118 e. The van der Waals surface area contributed by atoms with Crippen LogP contribution in [0.15, 0.2) is 24.3 Å². The van der Waals surface area contributed by atoms with Crippen LogP contribution >= 0.6 is 0 Å². The van der Waals surface area contributed by atoms with Crippen molar-refractivity contribution < 1.29 is 4.74 Å². The Hall–Kier alpha value is -1.06. The maximum Gasteiger partial charge on any atom is 0.118 e. The highest BCUT2D eigenvalue weighted by atomic mass is 16.5. The van der Waals surface area contributed by atoms with E-state index >= 15 is 0 Å². The molecule has 112 valence electrons. The van der Waals surface area contributed by atoms with Crippen molar-refractivity contribution in [2.75, 3.05) is 20.7 Å². The van der Waals surface area contributed by atoms with Crippen molar-refractivity contribution in [1.82, 2.24) is 10.2 Å². The number of nitrogens with zero attached hydrogens (tertiary/aromatic N) is 1. The van der Waals surface area contributed by atoms with E-state index in [0.29, 0.717) is 12.1 Å². The van der Waals surface area contributed by atoms with Crippen molar-refractivity contribution in [1.29, 1.82) is 0 Å². The summed E-state index contributed by atoms with van der Waals surface area (Å²) in [5.41, 5.74) is 1.36. The van der Waals surface area contributed by atoms with Gasteiger partial charge >= 0.3 is 0 Å². The maximum atomic E-state index is 5.21. The number of methoxy groups -OCH3 is 1. The molecule has 0 radical (unpaired) electrons. The van der Waals surface area contributed by atoms with Crippen molar-refractivity contribution in [3.05, 3.63) is 29.8 Å². The van der Waals surface area contributed by atoms with Gasteiger partial charge in [-0.15, -0.1) is 0 Å². The fraction of sp³-hybridized carbons (Fsp3) is 0.647. The lowest BCUT2D eigenvalue weighted by molar-refractivity contribution is 0.204. The fourth-order valence-electron chi connectivity index (χ4n) is 3.17. The van der Waals surface area contributed by atoms with Crippen LogP contribution in [0.2, 0.25) is 0 Å². The molecule has 1 aromatic rings. The maximum absolute atomic E-state index is 5.21. The van der Waals surface area contributed by atoms with Gasteiger partial charge in [0, 0.05) is 18.6 Å². The van der Waals surface area contributed by atoms with Gasteiger partial charge in [-0.2, -0.15) is 0 Å². The van der Waals surface area contributed by atoms with Crippen LogP contribution in [0.1, 0.15) is 38.2 Å². The molecule has 2 rings (SSSR count). The molecule has 2 atom stereocenters. The Labute approximate surface area is 123 Å². The van der Waals surface area contributed by atoms with Gasteiger partial charge in [0.2, 0.25) is 0 Å². The SMILES string of the molecule is CCCNC1CCCC1N(C)Cc1ccc(OC)cc1. The van der Waals surface area contributed by atoms with Crippen molar-refractivity contribution >= 4 is 0 Å². The minimum absolute atomic E-state index is 0.665. The van der Waals surface area contributed by atoms with Gasteiger partial charge in [0.15, 0.2) is 0 Å². The van der Waals surface area contributed by atoms with E-state index in [2.05, 4.69) is 36.3 Å². The Balaban J connectivity index is 1.90. The van der Waals surface area contributed by atoms with Crippen LogP contribution in [0, 0.1) is 0 Å². The summed E-state index contributed by atoms with van der Waals surface area (Å²) in [4.78, 5) is 2.50. The molecule has 0 bridgehead atoms. The number of ether oxygens (including phenoxy) is 1. The number of hydrogen-bond donors (Lipinski definition) is 1. The van der Waals surface area contributed by atoms with Gasteiger partial charge in [-0.3, -0.25) is 4.90 Å². The first-order chi connectivity index (χ1) is 9.74. The van der Waals surface area contributed by atoms with E-state index in [0.717, 1.165) is 18.8 Å². The molecule has 0 spiro atoms. The van der Waals surface area contributed by atoms with E-state index in [1.165, 1.54) is 31.2 Å². The molecule has 1 aliphatic carbocycles. The third-order valence-corrected chi connectivity index (χ3v) is 4.29. The third kappa shape index (κ3) is 3.97. The first-order valence-electron chi connectivity index (χ1n) is 7.81. The van der Waals surface area contributed by atoms with E-state index in [9.17, 15) is 0 Å². The van der Waals surface area contributed by atoms with E-state index in [4.69, 9.17) is 4.74 Å². The first kappa shape index (κ1) is 15.3. The van der Waals surface area contributed by atoms with Gasteiger partial charge in [-0.25, -0.2) is 0 Å². The van der Waals surface area contributed by atoms with E-state index in [1.54, 1.807) is 7.11 Å². The molecule has 20 heavy (non-hydrogen) atoms. The predicted molar refractivity (Wildman–Crippen MR) is 84.2 cm³/mol. The average Bonchev–Trinajstić information content (AvgIpc) is 2.94. The quantitative estimate of drug-likeness (QED) is 0.828. The van der Waals surface area contributed by atoms with E-state index in [-0.39, 0.29) is 0 Å². The largest absolute Gasteiger partial charge is 0.497 e. The number of nitrogens with one attached hydrogen (secondary N) is 1. The van der Waals surface area contributed by atoms with Crippen LogP contribution in [0.5, 0.6) is 5.75 Å². The lowest BCUT2D eigenvalue weighted by atomic mass is 10.1. The Bertz CT molecular complexity index is 390. The molecule has 0 amide bonds. The zero-order valence-corrected chi connectivity index (χ0v) is 13.1. The number of likely N-dealkylation sites (N-methyl/N-ethyl adjacent to an activating group) is 1. The van der Waals surface area contributed by atoms with Crippen molar-refractivity contribution in [3.63, 3.8) is 0 Å². The second kappa shape index (κ2) is 7.65. The number of rotatable bonds is 7. The summed E-state index contributed by atoms with van der Waals surface area (Å²) in [6.45, 7) is 4.38. The van der Waals surface area contributed by atoms with Gasteiger partial charge in [0.1, 0.15) is 5.75 Å². The molecule has 0 saturated heterocycles. The standard InChI is InChI=1S/C17H28N2O/c1-4-12-18-16-6-5-7-17(16)19(2)13-14-8-10-15(20-3)11-9-14/h8-11,16-18H,4-7,12-13H2,1-3H3. The lowest BCUT2D eigenvalue weighted by Crippen LogP contribution is -2.45. The molecule has 2 unspecified atom stereocenters. The molecule has 1 aromatic carbocycles. The summed E-state index contributed by atoms with van der Waals surface area (Å²) >= 11 is 0. The second-order valence-electron chi connectivity index (χ2n) is 5.82. The summed E-state index contributed by atoms with van der Waals surface area (Å²) in [6.07, 6.45) is 5.19. The second-order valence-corrected chi connectivity index (χ2v) is 5.82. The van der Waals surface area contributed by atoms with Crippen molar-refractivity contribution in [2.45, 2.75) is 51.2 Å². The number of hydrogen-bond acceptors (Lipinski definition) is 3. The molecule has 1 fully saturated rings. The molecular formula is C17H28N2O. The molecule has 3 nitrogen and oxygen atoms in total. The zero-order valence-electron chi connectivity index (χ0n) is 13.1. The van der Waals surface area contributed by atoms with Gasteiger partial charge in [0.25, 0.3) is 0 Å². The van der Waals surface area contributed by atoms with Crippen molar-refractivity contribution in [2.24, 2.45) is 0 Å². The monoisotopic (exact) mass is 276 g/mol. The summed E-state index contributed by atoms with van der Waals surface area (Å²) in [5.74, 6) is 0.930. The lowest BCUT2D eigenvalue weighted by Gasteiger charge is -2.30. The first-order valence-corrected chi connectivity index (χ1v) is 7.81. The van der Waals surface area contributed by atoms with E-state index in [1.807, 2.05) is 12.1 Å². The highest BCUT2D eigenvalue weighted by Gasteiger charge is 2.29. The van der Waals surface area contributed by atoms with Crippen LogP contribution in [0.4, 0.5) is 0 Å². The molecule has 0 aliphatic heterocycles. The third-order valence-electron chi connectivity index (χ3n) is 4.29. The number of benzene rings is 1. The van der Waals surface area contributed by atoms with E-state index < -0.39 is 0 Å². The Kier molecular flexibility index (Phi) is 5.86. The Morgan fingerprint density at radius 2 is 2.00 bits per heavy atom. The fourth-order valence-corrected chi connectivity index (χ4v) is 3.17. The molecular weight excluding hydrogens is 248 g/mol. The van der Waals surface area contributed by atoms with Crippen LogP contribution < -0.4 is 10.1 Å².